The van der Waals surface area contributed by atoms with Crippen LogP contribution in [0.15, 0.2) is 48.5 Å². The van der Waals surface area contributed by atoms with Crippen LogP contribution in [0.1, 0.15) is 34.8 Å². The number of carbonyl (C=O) groups excluding carboxylic acids is 2. The molecule has 1 N–H and O–H groups in total. The number of nitrogens with zero attached hydrogens (tertiary/aromatic N) is 2. The first kappa shape index (κ1) is 18.7. The molecule has 0 spiro atoms. The molecular formula is C23H27N3O2. The van der Waals surface area contributed by atoms with Crippen molar-refractivity contribution in [3.63, 3.8) is 0 Å². The minimum Gasteiger partial charge on any atom is -0.336 e. The number of amides is 2. The van der Waals surface area contributed by atoms with Gasteiger partial charge in [-0.1, -0.05) is 24.3 Å². The zero-order valence-corrected chi connectivity index (χ0v) is 16.4. The van der Waals surface area contributed by atoms with Crippen LogP contribution < -0.4 is 5.32 Å². The van der Waals surface area contributed by atoms with Gasteiger partial charge >= 0.3 is 0 Å². The number of hydrogen-bond donors (Lipinski definition) is 1. The highest BCUT2D eigenvalue weighted by Gasteiger charge is 2.28. The summed E-state index contributed by atoms with van der Waals surface area (Å²) >= 11 is 0. The molecule has 2 aromatic rings. The number of nitrogens with one attached hydrogen (secondary N) is 1. The van der Waals surface area contributed by atoms with E-state index in [1.165, 1.54) is 17.5 Å². The van der Waals surface area contributed by atoms with E-state index in [0.29, 0.717) is 26.2 Å². The zero-order chi connectivity index (χ0) is 19.5. The Kier molecular flexibility index (Phi) is 5.44. The Balaban J connectivity index is 1.31. The van der Waals surface area contributed by atoms with Gasteiger partial charge in [-0.3, -0.25) is 14.5 Å². The van der Waals surface area contributed by atoms with E-state index >= 15 is 0 Å². The largest absolute Gasteiger partial charge is 0.336 e. The molecule has 1 atom stereocenters. The van der Waals surface area contributed by atoms with E-state index in [2.05, 4.69) is 22.3 Å². The van der Waals surface area contributed by atoms with Crippen LogP contribution in [0.25, 0.3) is 0 Å². The number of carbonyl (C=O) groups is 2. The summed E-state index contributed by atoms with van der Waals surface area (Å²) in [6, 6.07) is 15.4. The van der Waals surface area contributed by atoms with Gasteiger partial charge in [-0.05, 0) is 61.6 Å². The summed E-state index contributed by atoms with van der Waals surface area (Å²) in [5.41, 5.74) is 4.37. The molecule has 0 aromatic heterocycles. The van der Waals surface area contributed by atoms with Gasteiger partial charge in [0.1, 0.15) is 0 Å². The van der Waals surface area contributed by atoms with Gasteiger partial charge < -0.3 is 10.2 Å². The van der Waals surface area contributed by atoms with Gasteiger partial charge in [0.05, 0.1) is 6.04 Å². The van der Waals surface area contributed by atoms with Crippen molar-refractivity contribution < 1.29 is 9.59 Å². The molecule has 28 heavy (non-hydrogen) atoms. The lowest BCUT2D eigenvalue weighted by atomic mass is 10.1. The van der Waals surface area contributed by atoms with E-state index < -0.39 is 0 Å². The zero-order valence-electron chi connectivity index (χ0n) is 16.4. The second-order valence-electron chi connectivity index (χ2n) is 7.70. The highest BCUT2D eigenvalue weighted by molar-refractivity contribution is 5.95. The van der Waals surface area contributed by atoms with Crippen LogP contribution in [-0.4, -0.2) is 53.8 Å². The predicted octanol–water partition coefficient (Wildman–Crippen LogP) is 2.96. The molecule has 5 heteroatoms. The fraction of sp³-hybridized carbons (Fsp3) is 0.391. The van der Waals surface area contributed by atoms with E-state index in [0.717, 1.165) is 24.1 Å². The van der Waals surface area contributed by atoms with Crippen molar-refractivity contribution in [1.29, 1.82) is 0 Å². The first-order chi connectivity index (χ1) is 13.6. The van der Waals surface area contributed by atoms with E-state index in [1.807, 2.05) is 48.2 Å². The third-order valence-electron chi connectivity index (χ3n) is 5.92. The average molecular weight is 377 g/mol. The lowest BCUT2D eigenvalue weighted by molar-refractivity contribution is -0.121. The van der Waals surface area contributed by atoms with Crippen LogP contribution in [-0.2, 0) is 17.6 Å². The Bertz CT molecular complexity index is 857. The normalized spacial score (nSPS) is 17.8. The van der Waals surface area contributed by atoms with Gasteiger partial charge in [-0.15, -0.1) is 0 Å². The first-order valence-corrected chi connectivity index (χ1v) is 10.1. The van der Waals surface area contributed by atoms with Gasteiger partial charge in [0, 0.05) is 37.4 Å². The summed E-state index contributed by atoms with van der Waals surface area (Å²) in [5, 5.41) is 3.07. The summed E-state index contributed by atoms with van der Waals surface area (Å²) in [6.45, 7) is 4.64. The van der Waals surface area contributed by atoms with Crippen molar-refractivity contribution in [3.8, 4) is 0 Å². The minimum atomic E-state index is -0.220. The molecule has 1 fully saturated rings. The average Bonchev–Trinajstić information content (AvgIpc) is 3.21. The smallest absolute Gasteiger partial charge is 0.253 e. The van der Waals surface area contributed by atoms with Gasteiger partial charge in [0.25, 0.3) is 5.91 Å². The van der Waals surface area contributed by atoms with E-state index in [9.17, 15) is 9.59 Å². The molecule has 2 aliphatic rings. The number of piperazine rings is 1. The van der Waals surface area contributed by atoms with Gasteiger partial charge in [-0.2, -0.15) is 0 Å². The third kappa shape index (κ3) is 3.94. The standard InChI is InChI=1S/C23H27N3O2/c1-17(22(27)24-21-11-10-18-8-5-9-20(18)16-21)25-12-14-26(15-13-25)23(28)19-6-3-2-4-7-19/h2-4,6-7,10-11,16-17H,5,8-9,12-15H2,1H3,(H,24,27). The summed E-state index contributed by atoms with van der Waals surface area (Å²) in [4.78, 5) is 29.3. The summed E-state index contributed by atoms with van der Waals surface area (Å²) < 4.78 is 0. The van der Waals surface area contributed by atoms with Crippen LogP contribution in [0.3, 0.4) is 0 Å². The van der Waals surface area contributed by atoms with Gasteiger partial charge in [-0.25, -0.2) is 0 Å². The Labute approximate surface area is 166 Å². The van der Waals surface area contributed by atoms with Crippen LogP contribution in [0.5, 0.6) is 0 Å². The van der Waals surface area contributed by atoms with Gasteiger partial charge in [0.2, 0.25) is 5.91 Å². The molecular weight excluding hydrogens is 350 g/mol. The van der Waals surface area contributed by atoms with Crippen LogP contribution in [0, 0.1) is 0 Å². The molecule has 2 amide bonds. The quantitative estimate of drug-likeness (QED) is 0.891. The van der Waals surface area contributed by atoms with Crippen molar-refractivity contribution in [2.75, 3.05) is 31.5 Å². The maximum Gasteiger partial charge on any atom is 0.253 e. The SMILES string of the molecule is CC(C(=O)Nc1ccc2c(c1)CCC2)N1CCN(C(=O)c2ccccc2)CC1. The summed E-state index contributed by atoms with van der Waals surface area (Å²) in [5.74, 6) is 0.0799. The molecule has 4 rings (SSSR count). The lowest BCUT2D eigenvalue weighted by Crippen LogP contribution is -2.54. The molecule has 1 aliphatic heterocycles. The topological polar surface area (TPSA) is 52.7 Å². The Morgan fingerprint density at radius 3 is 2.39 bits per heavy atom. The predicted molar refractivity (Wildman–Crippen MR) is 110 cm³/mol. The Morgan fingerprint density at radius 2 is 1.64 bits per heavy atom. The van der Waals surface area contributed by atoms with E-state index in [4.69, 9.17) is 0 Å². The number of rotatable bonds is 4. The minimum absolute atomic E-state index is 0.0146. The van der Waals surface area contributed by atoms with E-state index in [-0.39, 0.29) is 17.9 Å². The van der Waals surface area contributed by atoms with Crippen molar-refractivity contribution in [2.24, 2.45) is 0 Å². The molecule has 0 radical (unpaired) electrons. The number of anilines is 1. The summed E-state index contributed by atoms with van der Waals surface area (Å²) in [6.07, 6.45) is 3.45. The monoisotopic (exact) mass is 377 g/mol. The molecule has 0 bridgehead atoms. The van der Waals surface area contributed by atoms with Crippen molar-refractivity contribution in [3.05, 3.63) is 65.2 Å². The van der Waals surface area contributed by atoms with E-state index in [1.54, 1.807) is 0 Å². The molecule has 1 heterocycles. The first-order valence-electron chi connectivity index (χ1n) is 10.1. The van der Waals surface area contributed by atoms with Crippen LogP contribution in [0.4, 0.5) is 5.69 Å². The molecule has 2 aromatic carbocycles. The summed E-state index contributed by atoms with van der Waals surface area (Å²) in [7, 11) is 0. The number of fused-ring (bicyclic) bond motifs is 1. The second-order valence-corrected chi connectivity index (χ2v) is 7.70. The Hall–Kier alpha value is -2.66. The molecule has 1 unspecified atom stereocenters. The maximum absolute atomic E-state index is 12.7. The maximum atomic E-state index is 12.7. The third-order valence-corrected chi connectivity index (χ3v) is 5.92. The van der Waals surface area contributed by atoms with Crippen molar-refractivity contribution in [1.82, 2.24) is 9.80 Å². The highest BCUT2D eigenvalue weighted by Crippen LogP contribution is 2.25. The fourth-order valence-electron chi connectivity index (χ4n) is 4.14. The second kappa shape index (κ2) is 8.15. The molecule has 5 nitrogen and oxygen atoms in total. The number of aryl methyl sites for hydroxylation is 2. The van der Waals surface area contributed by atoms with Crippen molar-refractivity contribution in [2.45, 2.75) is 32.2 Å². The van der Waals surface area contributed by atoms with Crippen LogP contribution >= 0.6 is 0 Å². The Morgan fingerprint density at radius 1 is 0.929 bits per heavy atom. The highest BCUT2D eigenvalue weighted by atomic mass is 16.2. The fourth-order valence-corrected chi connectivity index (χ4v) is 4.14. The van der Waals surface area contributed by atoms with Gasteiger partial charge in [0.15, 0.2) is 0 Å². The molecule has 146 valence electrons. The molecule has 1 saturated heterocycles. The van der Waals surface area contributed by atoms with Crippen LogP contribution in [0.2, 0.25) is 0 Å². The molecule has 0 saturated carbocycles. The number of hydrogen-bond acceptors (Lipinski definition) is 3. The number of benzene rings is 2. The molecule has 1 aliphatic carbocycles. The van der Waals surface area contributed by atoms with Crippen molar-refractivity contribution >= 4 is 17.5 Å². The lowest BCUT2D eigenvalue weighted by Gasteiger charge is -2.37.